The quantitative estimate of drug-likeness (QED) is 0.503. The fourth-order valence-electron chi connectivity index (χ4n) is 1.94. The third-order valence-electron chi connectivity index (χ3n) is 3.18. The van der Waals surface area contributed by atoms with Crippen molar-refractivity contribution in [1.82, 2.24) is 10.2 Å². The van der Waals surface area contributed by atoms with Gasteiger partial charge in [0.2, 0.25) is 5.89 Å². The molecule has 0 unspecified atom stereocenters. The van der Waals surface area contributed by atoms with Crippen molar-refractivity contribution in [2.24, 2.45) is 0 Å². The Balaban J connectivity index is 1.55. The Morgan fingerprint density at radius 2 is 1.84 bits per heavy atom. The summed E-state index contributed by atoms with van der Waals surface area (Å²) in [4.78, 5) is 11.7. The van der Waals surface area contributed by atoms with Gasteiger partial charge in [-0.25, -0.2) is 9.18 Å². The first-order valence-corrected chi connectivity index (χ1v) is 7.67. The zero-order valence-electron chi connectivity index (χ0n) is 12.9. The van der Waals surface area contributed by atoms with E-state index in [9.17, 15) is 9.18 Å². The molecule has 0 aliphatic rings. The Kier molecular flexibility index (Phi) is 5.20. The van der Waals surface area contributed by atoms with Crippen molar-refractivity contribution in [3.63, 3.8) is 0 Å². The number of esters is 1. The van der Waals surface area contributed by atoms with Crippen LogP contribution in [0.2, 0.25) is 5.02 Å². The first-order chi connectivity index (χ1) is 12.1. The highest BCUT2D eigenvalue weighted by Crippen LogP contribution is 2.20. The molecule has 0 amide bonds. The van der Waals surface area contributed by atoms with E-state index in [1.54, 1.807) is 36.4 Å². The molecule has 1 heterocycles. The Bertz CT molecular complexity index is 889. The largest absolute Gasteiger partial charge is 0.452 e. The van der Waals surface area contributed by atoms with Crippen LogP contribution in [0.1, 0.15) is 11.5 Å². The lowest BCUT2D eigenvalue weighted by Gasteiger charge is -1.98. The van der Waals surface area contributed by atoms with Gasteiger partial charge in [0.15, 0.2) is 6.61 Å². The summed E-state index contributed by atoms with van der Waals surface area (Å²) in [6.45, 7) is -0.146. The van der Waals surface area contributed by atoms with Crippen LogP contribution in [0.3, 0.4) is 0 Å². The van der Waals surface area contributed by atoms with E-state index in [1.165, 1.54) is 24.3 Å². The van der Waals surface area contributed by atoms with Crippen LogP contribution in [0.5, 0.6) is 0 Å². The van der Waals surface area contributed by atoms with Crippen molar-refractivity contribution in [1.29, 1.82) is 0 Å². The molecule has 1 aromatic heterocycles. The van der Waals surface area contributed by atoms with Crippen LogP contribution < -0.4 is 0 Å². The molecule has 126 valence electrons. The van der Waals surface area contributed by atoms with E-state index in [4.69, 9.17) is 20.8 Å². The Morgan fingerprint density at radius 3 is 2.56 bits per heavy atom. The van der Waals surface area contributed by atoms with E-state index in [-0.39, 0.29) is 18.3 Å². The van der Waals surface area contributed by atoms with Gasteiger partial charge in [0.25, 0.3) is 5.89 Å². The van der Waals surface area contributed by atoms with Crippen LogP contribution in [0, 0.1) is 5.82 Å². The average molecular weight is 359 g/mol. The summed E-state index contributed by atoms with van der Waals surface area (Å²) in [6, 6.07) is 12.6. The first kappa shape index (κ1) is 16.9. The SMILES string of the molecule is O=C(/C=C/c1ccc(F)cc1)OCc1nnc(-c2ccc(Cl)cc2)o1. The predicted molar refractivity (Wildman–Crippen MR) is 90.0 cm³/mol. The van der Waals surface area contributed by atoms with Crippen LogP contribution in [-0.4, -0.2) is 16.2 Å². The molecule has 0 atom stereocenters. The summed E-state index contributed by atoms with van der Waals surface area (Å²) in [5.74, 6) is -0.429. The van der Waals surface area contributed by atoms with Gasteiger partial charge in [-0.15, -0.1) is 10.2 Å². The Hall–Kier alpha value is -2.99. The second-order valence-corrected chi connectivity index (χ2v) is 5.44. The van der Waals surface area contributed by atoms with Gasteiger partial charge in [-0.2, -0.15) is 0 Å². The third kappa shape index (κ3) is 4.74. The maximum absolute atomic E-state index is 12.8. The van der Waals surface area contributed by atoms with Crippen molar-refractivity contribution in [2.45, 2.75) is 6.61 Å². The molecule has 2 aromatic carbocycles. The zero-order chi connectivity index (χ0) is 17.6. The minimum atomic E-state index is -0.574. The molecule has 7 heteroatoms. The Labute approximate surface area is 147 Å². The van der Waals surface area contributed by atoms with Crippen molar-refractivity contribution in [3.8, 4) is 11.5 Å². The zero-order valence-corrected chi connectivity index (χ0v) is 13.6. The summed E-state index contributed by atoms with van der Waals surface area (Å²) in [7, 11) is 0. The fourth-order valence-corrected chi connectivity index (χ4v) is 2.07. The lowest BCUT2D eigenvalue weighted by Crippen LogP contribution is -2.00. The summed E-state index contributed by atoms with van der Waals surface area (Å²) < 4.78 is 23.2. The van der Waals surface area contributed by atoms with Crippen LogP contribution in [0.4, 0.5) is 4.39 Å². The second kappa shape index (κ2) is 7.72. The molecule has 0 saturated heterocycles. The summed E-state index contributed by atoms with van der Waals surface area (Å²) in [5, 5.41) is 8.32. The minimum Gasteiger partial charge on any atom is -0.452 e. The highest BCUT2D eigenvalue weighted by atomic mass is 35.5. The van der Waals surface area contributed by atoms with Gasteiger partial charge >= 0.3 is 5.97 Å². The van der Waals surface area contributed by atoms with Gasteiger partial charge in [0.05, 0.1) is 0 Å². The van der Waals surface area contributed by atoms with Gasteiger partial charge in [-0.3, -0.25) is 0 Å². The number of hydrogen-bond donors (Lipinski definition) is 0. The molecule has 0 bridgehead atoms. The lowest BCUT2D eigenvalue weighted by molar-refractivity contribution is -0.139. The van der Waals surface area contributed by atoms with E-state index in [1.807, 2.05) is 0 Å². The molecule has 0 N–H and O–H groups in total. The average Bonchev–Trinajstić information content (AvgIpc) is 3.09. The first-order valence-electron chi connectivity index (χ1n) is 7.29. The second-order valence-electron chi connectivity index (χ2n) is 5.00. The number of aromatic nitrogens is 2. The number of rotatable bonds is 5. The van der Waals surface area contributed by atoms with Crippen molar-refractivity contribution in [2.75, 3.05) is 0 Å². The summed E-state index contributed by atoms with van der Waals surface area (Å²) in [5.41, 5.74) is 1.40. The third-order valence-corrected chi connectivity index (χ3v) is 3.43. The van der Waals surface area contributed by atoms with Gasteiger partial charge in [-0.05, 0) is 48.0 Å². The highest BCUT2D eigenvalue weighted by Gasteiger charge is 2.10. The van der Waals surface area contributed by atoms with Crippen LogP contribution in [-0.2, 0) is 16.1 Å². The maximum atomic E-state index is 12.8. The van der Waals surface area contributed by atoms with E-state index in [0.717, 1.165) is 0 Å². The monoisotopic (exact) mass is 358 g/mol. The molecular weight excluding hydrogens is 347 g/mol. The van der Waals surface area contributed by atoms with E-state index < -0.39 is 5.97 Å². The van der Waals surface area contributed by atoms with Crippen LogP contribution >= 0.6 is 11.6 Å². The van der Waals surface area contributed by atoms with Gasteiger partial charge in [-0.1, -0.05) is 23.7 Å². The maximum Gasteiger partial charge on any atom is 0.331 e. The Morgan fingerprint density at radius 1 is 1.12 bits per heavy atom. The molecule has 0 aliphatic carbocycles. The van der Waals surface area contributed by atoms with Gasteiger partial charge in [0, 0.05) is 16.7 Å². The highest BCUT2D eigenvalue weighted by molar-refractivity contribution is 6.30. The molecule has 3 aromatic rings. The molecular formula is C18H12ClFN2O3. The number of hydrogen-bond acceptors (Lipinski definition) is 5. The van der Waals surface area contributed by atoms with Crippen molar-refractivity contribution < 1.29 is 18.3 Å². The summed E-state index contributed by atoms with van der Waals surface area (Å²) in [6.07, 6.45) is 2.76. The van der Waals surface area contributed by atoms with Crippen molar-refractivity contribution >= 4 is 23.6 Å². The smallest absolute Gasteiger partial charge is 0.331 e. The number of nitrogens with zero attached hydrogens (tertiary/aromatic N) is 2. The number of carbonyl (C=O) groups excluding carboxylic acids is 1. The van der Waals surface area contributed by atoms with Gasteiger partial charge in [0.1, 0.15) is 5.82 Å². The number of benzene rings is 2. The number of carbonyl (C=O) groups is 1. The molecule has 5 nitrogen and oxygen atoms in total. The van der Waals surface area contributed by atoms with Gasteiger partial charge < -0.3 is 9.15 Å². The summed E-state index contributed by atoms with van der Waals surface area (Å²) >= 11 is 5.82. The topological polar surface area (TPSA) is 65.2 Å². The van der Waals surface area contributed by atoms with E-state index in [0.29, 0.717) is 22.0 Å². The van der Waals surface area contributed by atoms with Crippen LogP contribution in [0.25, 0.3) is 17.5 Å². The van der Waals surface area contributed by atoms with E-state index >= 15 is 0 Å². The molecule has 0 radical (unpaired) electrons. The normalized spacial score (nSPS) is 11.0. The van der Waals surface area contributed by atoms with E-state index in [2.05, 4.69) is 10.2 Å². The minimum absolute atomic E-state index is 0.146. The standard InChI is InChI=1S/C18H12ClFN2O3/c19-14-6-4-13(5-7-14)18-22-21-16(25-18)11-24-17(23)10-3-12-1-8-15(20)9-2-12/h1-10H,11H2/b10-3+. The molecule has 0 spiro atoms. The molecule has 0 fully saturated rings. The van der Waals surface area contributed by atoms with Crippen molar-refractivity contribution in [3.05, 3.63) is 76.9 Å². The number of halogens is 2. The molecule has 25 heavy (non-hydrogen) atoms. The number of ether oxygens (including phenoxy) is 1. The predicted octanol–water partition coefficient (Wildman–Crippen LogP) is 4.29. The molecule has 3 rings (SSSR count). The molecule has 0 aliphatic heterocycles. The molecule has 0 saturated carbocycles. The fraction of sp³-hybridized carbons (Fsp3) is 0.0556. The lowest BCUT2D eigenvalue weighted by atomic mass is 10.2. The van der Waals surface area contributed by atoms with Crippen LogP contribution in [0.15, 0.2) is 59.0 Å².